The van der Waals surface area contributed by atoms with Crippen LogP contribution in [0.4, 0.5) is 0 Å². The molecule has 1 aliphatic rings. The third kappa shape index (κ3) is 5.34. The van der Waals surface area contributed by atoms with E-state index in [1.54, 1.807) is 0 Å². The van der Waals surface area contributed by atoms with E-state index in [-0.39, 0.29) is 0 Å². The van der Waals surface area contributed by atoms with E-state index >= 15 is 0 Å². The maximum atomic E-state index is 2.63. The van der Waals surface area contributed by atoms with Crippen LogP contribution < -0.4 is 0 Å². The number of hydrogen-bond acceptors (Lipinski definition) is 1. The van der Waals surface area contributed by atoms with Gasteiger partial charge < -0.3 is 4.90 Å². The average molecular weight is 225 g/mol. The molecule has 1 heteroatoms. The standard InChI is InChI=1S/C15H31N/c1-13(2)7-5-6-8-15-9-11-16(12-10-15)14(3)4/h13-15H,5-12H2,1-4H3. The van der Waals surface area contributed by atoms with Gasteiger partial charge in [0.25, 0.3) is 0 Å². The number of piperidine rings is 1. The average Bonchev–Trinajstić information content (AvgIpc) is 2.25. The van der Waals surface area contributed by atoms with Crippen molar-refractivity contribution in [2.45, 2.75) is 72.3 Å². The maximum absolute atomic E-state index is 2.63. The molecule has 0 aromatic carbocycles. The van der Waals surface area contributed by atoms with Gasteiger partial charge in [-0.3, -0.25) is 0 Å². The Kier molecular flexibility index (Phi) is 6.41. The largest absolute Gasteiger partial charge is 0.301 e. The van der Waals surface area contributed by atoms with Gasteiger partial charge in [-0.2, -0.15) is 0 Å². The first kappa shape index (κ1) is 14.0. The van der Waals surface area contributed by atoms with E-state index in [9.17, 15) is 0 Å². The number of unbranched alkanes of at least 4 members (excludes halogenated alkanes) is 1. The van der Waals surface area contributed by atoms with Gasteiger partial charge in [0.05, 0.1) is 0 Å². The van der Waals surface area contributed by atoms with Gasteiger partial charge in [0, 0.05) is 6.04 Å². The SMILES string of the molecule is CC(C)CCCCC1CCN(C(C)C)CC1. The van der Waals surface area contributed by atoms with Crippen LogP contribution in [0.15, 0.2) is 0 Å². The molecule has 0 radical (unpaired) electrons. The first-order chi connectivity index (χ1) is 7.59. The van der Waals surface area contributed by atoms with Crippen LogP contribution in [0.5, 0.6) is 0 Å². The van der Waals surface area contributed by atoms with Gasteiger partial charge in [0.1, 0.15) is 0 Å². The van der Waals surface area contributed by atoms with E-state index in [2.05, 4.69) is 32.6 Å². The van der Waals surface area contributed by atoms with Gasteiger partial charge >= 0.3 is 0 Å². The quantitative estimate of drug-likeness (QED) is 0.608. The third-order valence-electron chi connectivity index (χ3n) is 4.02. The Morgan fingerprint density at radius 2 is 1.62 bits per heavy atom. The monoisotopic (exact) mass is 225 g/mol. The second-order valence-electron chi connectivity index (χ2n) is 6.25. The molecule has 0 aromatic heterocycles. The molecule has 0 N–H and O–H groups in total. The third-order valence-corrected chi connectivity index (χ3v) is 4.02. The molecule has 1 rings (SSSR count). The summed E-state index contributed by atoms with van der Waals surface area (Å²) >= 11 is 0. The fourth-order valence-electron chi connectivity index (χ4n) is 2.74. The Hall–Kier alpha value is -0.0400. The summed E-state index contributed by atoms with van der Waals surface area (Å²) in [6.45, 7) is 12.0. The minimum absolute atomic E-state index is 0.752. The fraction of sp³-hybridized carbons (Fsp3) is 1.00. The van der Waals surface area contributed by atoms with Gasteiger partial charge in [-0.1, -0.05) is 39.5 Å². The van der Waals surface area contributed by atoms with Crippen LogP contribution in [0.2, 0.25) is 0 Å². The van der Waals surface area contributed by atoms with Crippen molar-refractivity contribution in [3.63, 3.8) is 0 Å². The van der Waals surface area contributed by atoms with E-state index in [0.29, 0.717) is 0 Å². The predicted octanol–water partition coefficient (Wildman–Crippen LogP) is 4.32. The van der Waals surface area contributed by atoms with Crippen molar-refractivity contribution in [3.05, 3.63) is 0 Å². The maximum Gasteiger partial charge on any atom is 0.00385 e. The van der Waals surface area contributed by atoms with E-state index < -0.39 is 0 Å². The molecule has 0 unspecified atom stereocenters. The summed E-state index contributed by atoms with van der Waals surface area (Å²) in [6, 6.07) is 0.752. The van der Waals surface area contributed by atoms with Crippen molar-refractivity contribution in [1.82, 2.24) is 4.90 Å². The Morgan fingerprint density at radius 1 is 1.00 bits per heavy atom. The van der Waals surface area contributed by atoms with Crippen LogP contribution in [0.3, 0.4) is 0 Å². The first-order valence-electron chi connectivity index (χ1n) is 7.33. The van der Waals surface area contributed by atoms with Gasteiger partial charge in [-0.15, -0.1) is 0 Å². The predicted molar refractivity (Wildman–Crippen MR) is 72.7 cm³/mol. The molecular formula is C15H31N. The van der Waals surface area contributed by atoms with Gasteiger partial charge in [-0.25, -0.2) is 0 Å². The molecule has 1 fully saturated rings. The lowest BCUT2D eigenvalue weighted by Gasteiger charge is -2.34. The molecule has 0 aromatic rings. The Labute approximate surface area is 103 Å². The molecule has 0 bridgehead atoms. The number of nitrogens with zero attached hydrogens (tertiary/aromatic N) is 1. The van der Waals surface area contributed by atoms with Crippen LogP contribution in [0, 0.1) is 11.8 Å². The number of rotatable bonds is 6. The van der Waals surface area contributed by atoms with Crippen molar-refractivity contribution in [2.75, 3.05) is 13.1 Å². The van der Waals surface area contributed by atoms with E-state index in [0.717, 1.165) is 17.9 Å². The van der Waals surface area contributed by atoms with Crippen molar-refractivity contribution >= 4 is 0 Å². The number of hydrogen-bond donors (Lipinski definition) is 0. The minimum atomic E-state index is 0.752. The zero-order valence-corrected chi connectivity index (χ0v) is 11.8. The molecule has 1 nitrogen and oxygen atoms in total. The van der Waals surface area contributed by atoms with E-state index in [1.165, 1.54) is 51.6 Å². The van der Waals surface area contributed by atoms with Gasteiger partial charge in [0.15, 0.2) is 0 Å². The van der Waals surface area contributed by atoms with Crippen LogP contribution >= 0.6 is 0 Å². The van der Waals surface area contributed by atoms with Crippen molar-refractivity contribution in [3.8, 4) is 0 Å². The van der Waals surface area contributed by atoms with Crippen LogP contribution in [0.1, 0.15) is 66.2 Å². The molecule has 0 atom stereocenters. The summed E-state index contributed by atoms with van der Waals surface area (Å²) in [7, 11) is 0. The summed E-state index contributed by atoms with van der Waals surface area (Å²) in [4.78, 5) is 2.63. The minimum Gasteiger partial charge on any atom is -0.301 e. The summed E-state index contributed by atoms with van der Waals surface area (Å²) in [5.41, 5.74) is 0. The highest BCUT2D eigenvalue weighted by atomic mass is 15.1. The van der Waals surface area contributed by atoms with Crippen molar-refractivity contribution in [1.29, 1.82) is 0 Å². The molecule has 0 aliphatic carbocycles. The Bertz CT molecular complexity index is 166. The van der Waals surface area contributed by atoms with Gasteiger partial charge in [0.2, 0.25) is 0 Å². The number of likely N-dealkylation sites (tertiary alicyclic amines) is 1. The Balaban J connectivity index is 2.04. The molecule has 96 valence electrons. The lowest BCUT2D eigenvalue weighted by Crippen LogP contribution is -2.38. The molecule has 0 spiro atoms. The normalized spacial score (nSPS) is 19.9. The second-order valence-corrected chi connectivity index (χ2v) is 6.25. The van der Waals surface area contributed by atoms with Crippen LogP contribution in [-0.2, 0) is 0 Å². The molecule has 0 amide bonds. The molecule has 1 aliphatic heterocycles. The van der Waals surface area contributed by atoms with Crippen LogP contribution in [-0.4, -0.2) is 24.0 Å². The summed E-state index contributed by atoms with van der Waals surface area (Å²) in [5.74, 6) is 1.92. The van der Waals surface area contributed by atoms with Crippen molar-refractivity contribution < 1.29 is 0 Å². The smallest absolute Gasteiger partial charge is 0.00385 e. The molecule has 0 saturated carbocycles. The lowest BCUT2D eigenvalue weighted by atomic mass is 9.90. The van der Waals surface area contributed by atoms with Gasteiger partial charge in [-0.05, 0) is 51.6 Å². The fourth-order valence-corrected chi connectivity index (χ4v) is 2.74. The van der Waals surface area contributed by atoms with E-state index in [4.69, 9.17) is 0 Å². The molecule has 16 heavy (non-hydrogen) atoms. The lowest BCUT2D eigenvalue weighted by molar-refractivity contribution is 0.144. The highest BCUT2D eigenvalue weighted by Crippen LogP contribution is 2.24. The summed E-state index contributed by atoms with van der Waals surface area (Å²) in [5, 5.41) is 0. The summed E-state index contributed by atoms with van der Waals surface area (Å²) < 4.78 is 0. The van der Waals surface area contributed by atoms with Crippen LogP contribution in [0.25, 0.3) is 0 Å². The molecular weight excluding hydrogens is 194 g/mol. The van der Waals surface area contributed by atoms with Crippen molar-refractivity contribution in [2.24, 2.45) is 11.8 Å². The molecule has 1 saturated heterocycles. The Morgan fingerprint density at radius 3 is 2.12 bits per heavy atom. The van der Waals surface area contributed by atoms with E-state index in [1.807, 2.05) is 0 Å². The molecule has 1 heterocycles. The first-order valence-corrected chi connectivity index (χ1v) is 7.33. The highest BCUT2D eigenvalue weighted by Gasteiger charge is 2.20. The zero-order valence-electron chi connectivity index (χ0n) is 11.8. The topological polar surface area (TPSA) is 3.24 Å². The summed E-state index contributed by atoms with van der Waals surface area (Å²) in [6.07, 6.45) is 8.70. The second kappa shape index (κ2) is 7.32. The highest BCUT2D eigenvalue weighted by molar-refractivity contribution is 4.74. The zero-order chi connectivity index (χ0) is 12.0.